The number of furan rings is 1. The van der Waals surface area contributed by atoms with Crippen LogP contribution < -0.4 is 0 Å². The van der Waals surface area contributed by atoms with Crippen molar-refractivity contribution in [1.82, 2.24) is 0 Å². The Bertz CT molecular complexity index is 729. The second-order valence-electron chi connectivity index (χ2n) is 4.78. The molecule has 6 nitrogen and oxygen atoms in total. The normalized spacial score (nSPS) is 10.9. The van der Waals surface area contributed by atoms with Crippen molar-refractivity contribution in [2.24, 2.45) is 5.11 Å². The molecule has 0 saturated heterocycles. The van der Waals surface area contributed by atoms with Crippen molar-refractivity contribution in [3.63, 3.8) is 0 Å². The molecule has 1 heterocycles. The summed E-state index contributed by atoms with van der Waals surface area (Å²) in [5.41, 5.74) is 10.6. The number of ether oxygens (including phenoxy) is 1. The fraction of sp³-hybridized carbons (Fsp3) is 0.235. The van der Waals surface area contributed by atoms with Gasteiger partial charge in [0.2, 0.25) is 0 Å². The Morgan fingerprint density at radius 3 is 2.74 bits per heavy atom. The smallest absolute Gasteiger partial charge is 0.340 e. The molecule has 23 heavy (non-hydrogen) atoms. The minimum Gasteiger partial charge on any atom is -0.465 e. The summed E-state index contributed by atoms with van der Waals surface area (Å²) in [5.74, 6) is -0.226. The summed E-state index contributed by atoms with van der Waals surface area (Å²) in [5, 5.41) is 3.35. The number of aryl methyl sites for hydroxylation is 2. The molecular formula is C17H17N3O3. The Morgan fingerprint density at radius 2 is 2.04 bits per heavy atom. The molecule has 0 aliphatic carbocycles. The van der Waals surface area contributed by atoms with Gasteiger partial charge in [0, 0.05) is 4.91 Å². The maximum atomic E-state index is 11.7. The molecule has 2 aromatic rings. The van der Waals surface area contributed by atoms with E-state index in [-0.39, 0.29) is 12.3 Å². The molecule has 118 valence electrons. The van der Waals surface area contributed by atoms with E-state index in [9.17, 15) is 4.79 Å². The molecule has 0 N–H and O–H groups in total. The molecule has 0 aliphatic heterocycles. The third-order valence-electron chi connectivity index (χ3n) is 3.14. The fourth-order valence-corrected chi connectivity index (χ4v) is 2.05. The maximum absolute atomic E-state index is 11.7. The highest BCUT2D eigenvalue weighted by atomic mass is 16.5. The zero-order valence-electron chi connectivity index (χ0n) is 12.8. The van der Waals surface area contributed by atoms with Gasteiger partial charge < -0.3 is 9.15 Å². The van der Waals surface area contributed by atoms with Crippen molar-refractivity contribution >= 4 is 12.0 Å². The van der Waals surface area contributed by atoms with Gasteiger partial charge in [0.15, 0.2) is 0 Å². The monoisotopic (exact) mass is 311 g/mol. The number of carbonyl (C=O) groups is 1. The van der Waals surface area contributed by atoms with Crippen LogP contribution in [0.15, 0.2) is 57.9 Å². The zero-order valence-corrected chi connectivity index (χ0v) is 12.8. The molecule has 0 radical (unpaired) electrons. The van der Waals surface area contributed by atoms with Crippen LogP contribution in [0, 0.1) is 0 Å². The molecule has 6 heteroatoms. The molecule has 1 aromatic heterocycles. The van der Waals surface area contributed by atoms with Crippen molar-refractivity contribution in [3.05, 3.63) is 75.7 Å². The lowest BCUT2D eigenvalue weighted by atomic mass is 10.1. The van der Waals surface area contributed by atoms with E-state index in [1.54, 1.807) is 13.2 Å². The van der Waals surface area contributed by atoms with Crippen LogP contribution in [0.4, 0.5) is 0 Å². The highest BCUT2D eigenvalue weighted by molar-refractivity contribution is 5.92. The lowest BCUT2D eigenvalue weighted by Gasteiger charge is -1.99. The van der Waals surface area contributed by atoms with Crippen molar-refractivity contribution in [2.75, 3.05) is 6.61 Å². The predicted molar refractivity (Wildman–Crippen MR) is 86.3 cm³/mol. The van der Waals surface area contributed by atoms with E-state index in [0.29, 0.717) is 5.76 Å². The minimum absolute atomic E-state index is 0.127. The second kappa shape index (κ2) is 8.46. The highest BCUT2D eigenvalue weighted by Crippen LogP contribution is 2.16. The van der Waals surface area contributed by atoms with Crippen LogP contribution >= 0.6 is 0 Å². The number of rotatable bonds is 7. The first-order chi connectivity index (χ1) is 11.2. The molecule has 0 saturated carbocycles. The lowest BCUT2D eigenvalue weighted by Crippen LogP contribution is -2.05. The predicted octanol–water partition coefficient (Wildman–Crippen LogP) is 4.28. The van der Waals surface area contributed by atoms with E-state index in [4.69, 9.17) is 14.7 Å². The van der Waals surface area contributed by atoms with Crippen LogP contribution in [0.3, 0.4) is 0 Å². The SMILES string of the molecule is CCOC(=O)C(=Cc1cc(CCc2ccccc2)co1)N=[N+]=[N-]. The Hall–Kier alpha value is -2.98. The summed E-state index contributed by atoms with van der Waals surface area (Å²) in [6.07, 6.45) is 4.72. The van der Waals surface area contributed by atoms with E-state index in [0.717, 1.165) is 18.4 Å². The van der Waals surface area contributed by atoms with E-state index in [2.05, 4.69) is 22.2 Å². The summed E-state index contributed by atoms with van der Waals surface area (Å²) in [7, 11) is 0. The van der Waals surface area contributed by atoms with Crippen LogP contribution in [-0.2, 0) is 22.4 Å². The van der Waals surface area contributed by atoms with E-state index in [1.807, 2.05) is 24.3 Å². The number of nitrogens with zero attached hydrogens (tertiary/aromatic N) is 3. The Labute approximate surface area is 134 Å². The summed E-state index contributed by atoms with van der Waals surface area (Å²) in [6, 6.07) is 11.9. The molecular weight excluding hydrogens is 294 g/mol. The van der Waals surface area contributed by atoms with Crippen molar-refractivity contribution in [2.45, 2.75) is 19.8 Å². The Balaban J connectivity index is 2.06. The summed E-state index contributed by atoms with van der Waals surface area (Å²) in [4.78, 5) is 14.3. The van der Waals surface area contributed by atoms with Gasteiger partial charge in [-0.05, 0) is 48.6 Å². The van der Waals surface area contributed by atoms with Crippen LogP contribution in [0.5, 0.6) is 0 Å². The number of benzene rings is 1. The second-order valence-corrected chi connectivity index (χ2v) is 4.78. The third-order valence-corrected chi connectivity index (χ3v) is 3.14. The molecule has 0 unspecified atom stereocenters. The van der Waals surface area contributed by atoms with Gasteiger partial charge in [0.05, 0.1) is 12.9 Å². The zero-order chi connectivity index (χ0) is 16.5. The van der Waals surface area contributed by atoms with Gasteiger partial charge in [-0.1, -0.05) is 35.4 Å². The van der Waals surface area contributed by atoms with Crippen LogP contribution in [0.2, 0.25) is 0 Å². The van der Waals surface area contributed by atoms with Crippen molar-refractivity contribution in [1.29, 1.82) is 0 Å². The molecule has 0 aliphatic rings. The minimum atomic E-state index is -0.674. The molecule has 0 atom stereocenters. The Kier molecular flexibility index (Phi) is 6.03. The van der Waals surface area contributed by atoms with Gasteiger partial charge in [-0.3, -0.25) is 0 Å². The van der Waals surface area contributed by atoms with Crippen LogP contribution in [-0.4, -0.2) is 12.6 Å². The lowest BCUT2D eigenvalue weighted by molar-refractivity contribution is -0.138. The first kappa shape index (κ1) is 16.4. The van der Waals surface area contributed by atoms with Crippen molar-refractivity contribution in [3.8, 4) is 0 Å². The van der Waals surface area contributed by atoms with Gasteiger partial charge in [-0.25, -0.2) is 4.79 Å². The van der Waals surface area contributed by atoms with E-state index in [1.165, 1.54) is 11.6 Å². The third kappa shape index (κ3) is 5.05. The van der Waals surface area contributed by atoms with E-state index >= 15 is 0 Å². The molecule has 1 aromatic carbocycles. The number of esters is 1. The number of azide groups is 1. The standard InChI is InChI=1S/C17H17N3O3/c1-2-22-17(21)16(19-20-18)11-15-10-14(12-23-15)9-8-13-6-4-3-5-7-13/h3-7,10-12H,2,8-9H2,1H3. The van der Waals surface area contributed by atoms with Crippen molar-refractivity contribution < 1.29 is 13.9 Å². The van der Waals surface area contributed by atoms with Crippen LogP contribution in [0.1, 0.15) is 23.8 Å². The topological polar surface area (TPSA) is 88.2 Å². The molecule has 0 fully saturated rings. The first-order valence-corrected chi connectivity index (χ1v) is 7.28. The van der Waals surface area contributed by atoms with Gasteiger partial charge in [-0.2, -0.15) is 0 Å². The average molecular weight is 311 g/mol. The molecule has 2 rings (SSSR count). The highest BCUT2D eigenvalue weighted by Gasteiger charge is 2.10. The first-order valence-electron chi connectivity index (χ1n) is 7.28. The Morgan fingerprint density at radius 1 is 1.30 bits per heavy atom. The van der Waals surface area contributed by atoms with Gasteiger partial charge in [-0.15, -0.1) is 0 Å². The molecule has 0 bridgehead atoms. The largest absolute Gasteiger partial charge is 0.465 e. The quantitative estimate of drug-likeness (QED) is 0.251. The van der Waals surface area contributed by atoms with Gasteiger partial charge >= 0.3 is 5.97 Å². The average Bonchev–Trinajstić information content (AvgIpc) is 3.01. The molecule has 0 spiro atoms. The number of hydrogen-bond donors (Lipinski definition) is 0. The summed E-state index contributed by atoms with van der Waals surface area (Å²) < 4.78 is 10.2. The van der Waals surface area contributed by atoms with Gasteiger partial charge in [0.25, 0.3) is 0 Å². The summed E-state index contributed by atoms with van der Waals surface area (Å²) >= 11 is 0. The maximum Gasteiger partial charge on any atom is 0.340 e. The number of carbonyl (C=O) groups excluding carboxylic acids is 1. The van der Waals surface area contributed by atoms with Gasteiger partial charge in [0.1, 0.15) is 11.5 Å². The van der Waals surface area contributed by atoms with E-state index < -0.39 is 5.97 Å². The molecule has 0 amide bonds. The fourth-order valence-electron chi connectivity index (χ4n) is 2.05. The number of hydrogen-bond acceptors (Lipinski definition) is 4. The van der Waals surface area contributed by atoms with Crippen LogP contribution in [0.25, 0.3) is 16.5 Å². The summed E-state index contributed by atoms with van der Waals surface area (Å²) in [6.45, 7) is 1.89.